The molecule has 0 aliphatic heterocycles. The van der Waals surface area contributed by atoms with Gasteiger partial charge in [-0.25, -0.2) is 4.68 Å². The average molecular weight is 275 g/mol. The van der Waals surface area contributed by atoms with E-state index in [1.165, 1.54) is 24.0 Å². The van der Waals surface area contributed by atoms with E-state index in [0.29, 0.717) is 6.04 Å². The summed E-state index contributed by atoms with van der Waals surface area (Å²) < 4.78 is 1.87. The quantitative estimate of drug-likeness (QED) is 0.783. The lowest BCUT2D eigenvalue weighted by molar-refractivity contribution is 0.762. The highest BCUT2D eigenvalue weighted by Crippen LogP contribution is 2.33. The smallest absolute Gasteiger partial charge is 0.0647 e. The molecule has 0 amide bonds. The van der Waals surface area contributed by atoms with Crippen LogP contribution in [0.1, 0.15) is 23.6 Å². The van der Waals surface area contributed by atoms with E-state index in [1.807, 2.05) is 16.9 Å². The van der Waals surface area contributed by atoms with Crippen LogP contribution < -0.4 is 5.32 Å². The molecule has 21 heavy (non-hydrogen) atoms. The van der Waals surface area contributed by atoms with Crippen molar-refractivity contribution in [3.8, 4) is 5.69 Å². The van der Waals surface area contributed by atoms with Gasteiger partial charge in [0.25, 0.3) is 0 Å². The molecule has 1 aliphatic carbocycles. The summed E-state index contributed by atoms with van der Waals surface area (Å²) in [6.45, 7) is 0. The van der Waals surface area contributed by atoms with Crippen molar-refractivity contribution in [3.63, 3.8) is 0 Å². The van der Waals surface area contributed by atoms with Gasteiger partial charge in [-0.3, -0.25) is 0 Å². The van der Waals surface area contributed by atoms with Crippen molar-refractivity contribution in [2.75, 3.05) is 5.32 Å². The molecule has 104 valence electrons. The normalized spacial score (nSPS) is 16.7. The van der Waals surface area contributed by atoms with Crippen molar-refractivity contribution in [2.45, 2.75) is 18.9 Å². The van der Waals surface area contributed by atoms with Gasteiger partial charge in [-0.15, -0.1) is 0 Å². The van der Waals surface area contributed by atoms with Gasteiger partial charge in [-0.2, -0.15) is 5.10 Å². The maximum Gasteiger partial charge on any atom is 0.0647 e. The van der Waals surface area contributed by atoms with Crippen LogP contribution >= 0.6 is 0 Å². The van der Waals surface area contributed by atoms with E-state index in [2.05, 4.69) is 58.9 Å². The fourth-order valence-electron chi connectivity index (χ4n) is 3.04. The molecule has 0 bridgehead atoms. The Hall–Kier alpha value is -2.55. The largest absolute Gasteiger partial charge is 0.378 e. The summed E-state index contributed by atoms with van der Waals surface area (Å²) in [5.74, 6) is 0. The van der Waals surface area contributed by atoms with Crippen molar-refractivity contribution in [1.29, 1.82) is 0 Å². The molecule has 0 radical (unpaired) electrons. The van der Waals surface area contributed by atoms with E-state index in [-0.39, 0.29) is 0 Å². The Balaban J connectivity index is 1.53. The van der Waals surface area contributed by atoms with Crippen LogP contribution in [0, 0.1) is 0 Å². The molecular formula is C18H17N3. The van der Waals surface area contributed by atoms with Crippen LogP contribution in [0.4, 0.5) is 5.69 Å². The molecule has 0 spiro atoms. The van der Waals surface area contributed by atoms with E-state index in [9.17, 15) is 0 Å². The third-order valence-corrected chi connectivity index (χ3v) is 4.11. The Kier molecular flexibility index (Phi) is 2.96. The average Bonchev–Trinajstić information content (AvgIpc) is 3.19. The zero-order valence-electron chi connectivity index (χ0n) is 11.7. The maximum absolute atomic E-state index is 4.25. The fraction of sp³-hybridized carbons (Fsp3) is 0.167. The molecule has 3 heteroatoms. The number of rotatable bonds is 3. The molecule has 1 N–H and O–H groups in total. The number of aryl methyl sites for hydroxylation is 1. The number of anilines is 1. The van der Waals surface area contributed by atoms with Crippen molar-refractivity contribution < 1.29 is 0 Å². The van der Waals surface area contributed by atoms with Crippen molar-refractivity contribution in [3.05, 3.63) is 78.1 Å². The molecule has 2 aromatic carbocycles. The van der Waals surface area contributed by atoms with Crippen LogP contribution in [0.3, 0.4) is 0 Å². The second kappa shape index (κ2) is 5.09. The molecule has 1 heterocycles. The predicted molar refractivity (Wildman–Crippen MR) is 84.7 cm³/mol. The monoisotopic (exact) mass is 275 g/mol. The second-order valence-electron chi connectivity index (χ2n) is 5.43. The minimum absolute atomic E-state index is 0.428. The topological polar surface area (TPSA) is 29.9 Å². The zero-order valence-corrected chi connectivity index (χ0v) is 11.7. The summed E-state index contributed by atoms with van der Waals surface area (Å²) in [6.07, 6.45) is 6.08. The lowest BCUT2D eigenvalue weighted by Crippen LogP contribution is -2.07. The third kappa shape index (κ3) is 2.31. The standard InChI is InChI=1S/C18H17N3/c1-2-5-17-14(4-1)6-11-18(17)20-15-7-9-16(10-8-15)21-13-3-12-19-21/h1-5,7-10,12-13,18,20H,6,11H2. The van der Waals surface area contributed by atoms with Crippen molar-refractivity contribution in [1.82, 2.24) is 9.78 Å². The van der Waals surface area contributed by atoms with E-state index >= 15 is 0 Å². The lowest BCUT2D eigenvalue weighted by Gasteiger charge is -2.16. The molecule has 3 nitrogen and oxygen atoms in total. The Morgan fingerprint density at radius 3 is 2.67 bits per heavy atom. The first-order valence-electron chi connectivity index (χ1n) is 7.34. The molecule has 0 saturated carbocycles. The summed E-state index contributed by atoms with van der Waals surface area (Å²) in [5.41, 5.74) is 5.15. The molecule has 1 atom stereocenters. The minimum atomic E-state index is 0.428. The summed E-state index contributed by atoms with van der Waals surface area (Å²) in [6, 6.07) is 19.5. The molecule has 3 aromatic rings. The van der Waals surface area contributed by atoms with Crippen LogP contribution in [0.2, 0.25) is 0 Å². The molecule has 4 rings (SSSR count). The van der Waals surface area contributed by atoms with E-state index < -0.39 is 0 Å². The molecule has 1 aliphatic rings. The summed E-state index contributed by atoms with van der Waals surface area (Å²) in [4.78, 5) is 0. The first-order chi connectivity index (χ1) is 10.4. The second-order valence-corrected chi connectivity index (χ2v) is 5.43. The van der Waals surface area contributed by atoms with E-state index in [1.54, 1.807) is 6.20 Å². The van der Waals surface area contributed by atoms with Gasteiger partial charge in [-0.1, -0.05) is 24.3 Å². The Bertz CT molecular complexity index is 729. The van der Waals surface area contributed by atoms with Crippen LogP contribution in [-0.4, -0.2) is 9.78 Å². The van der Waals surface area contributed by atoms with E-state index in [4.69, 9.17) is 0 Å². The van der Waals surface area contributed by atoms with Gasteiger partial charge in [0.2, 0.25) is 0 Å². The highest BCUT2D eigenvalue weighted by molar-refractivity contribution is 5.51. The molecular weight excluding hydrogens is 258 g/mol. The number of aromatic nitrogens is 2. The van der Waals surface area contributed by atoms with Crippen LogP contribution in [0.5, 0.6) is 0 Å². The molecule has 1 aromatic heterocycles. The van der Waals surface area contributed by atoms with Gasteiger partial charge in [-0.05, 0) is 54.3 Å². The molecule has 0 saturated heterocycles. The van der Waals surface area contributed by atoms with Gasteiger partial charge < -0.3 is 5.32 Å². The zero-order chi connectivity index (χ0) is 14.1. The van der Waals surface area contributed by atoms with Gasteiger partial charge in [0.1, 0.15) is 0 Å². The maximum atomic E-state index is 4.25. The number of nitrogens with zero attached hydrogens (tertiary/aromatic N) is 2. The highest BCUT2D eigenvalue weighted by Gasteiger charge is 2.21. The Morgan fingerprint density at radius 1 is 1.00 bits per heavy atom. The first kappa shape index (κ1) is 12.2. The van der Waals surface area contributed by atoms with Crippen LogP contribution in [0.15, 0.2) is 67.0 Å². The summed E-state index contributed by atoms with van der Waals surface area (Å²) >= 11 is 0. The molecule has 1 unspecified atom stereocenters. The number of fused-ring (bicyclic) bond motifs is 1. The minimum Gasteiger partial charge on any atom is -0.378 e. The predicted octanol–water partition coefficient (Wildman–Crippen LogP) is 3.97. The third-order valence-electron chi connectivity index (χ3n) is 4.11. The fourth-order valence-corrected chi connectivity index (χ4v) is 3.04. The highest BCUT2D eigenvalue weighted by atomic mass is 15.3. The van der Waals surface area contributed by atoms with Gasteiger partial charge in [0.15, 0.2) is 0 Å². The van der Waals surface area contributed by atoms with Crippen molar-refractivity contribution >= 4 is 5.69 Å². The Labute approximate surface area is 124 Å². The number of hydrogen-bond acceptors (Lipinski definition) is 2. The van der Waals surface area contributed by atoms with Gasteiger partial charge in [0.05, 0.1) is 11.7 Å². The number of benzene rings is 2. The number of nitrogens with one attached hydrogen (secondary N) is 1. The van der Waals surface area contributed by atoms with Crippen LogP contribution in [0.25, 0.3) is 5.69 Å². The van der Waals surface area contributed by atoms with Gasteiger partial charge >= 0.3 is 0 Å². The summed E-state index contributed by atoms with van der Waals surface area (Å²) in [5, 5.41) is 7.89. The van der Waals surface area contributed by atoms with E-state index in [0.717, 1.165) is 11.4 Å². The first-order valence-corrected chi connectivity index (χ1v) is 7.34. The number of hydrogen-bond donors (Lipinski definition) is 1. The van der Waals surface area contributed by atoms with Crippen LogP contribution in [-0.2, 0) is 6.42 Å². The SMILES string of the molecule is c1ccc2c(c1)CCC2Nc1ccc(-n2cccn2)cc1. The summed E-state index contributed by atoms with van der Waals surface area (Å²) in [7, 11) is 0. The van der Waals surface area contributed by atoms with Crippen molar-refractivity contribution in [2.24, 2.45) is 0 Å². The molecule has 0 fully saturated rings. The van der Waals surface area contributed by atoms with Gasteiger partial charge in [0, 0.05) is 18.1 Å². The Morgan fingerprint density at radius 2 is 1.86 bits per heavy atom. The lowest BCUT2D eigenvalue weighted by atomic mass is 10.1.